The summed E-state index contributed by atoms with van der Waals surface area (Å²) in [6, 6.07) is 18.7. The van der Waals surface area contributed by atoms with E-state index in [1.54, 1.807) is 12.1 Å². The first-order valence-corrected chi connectivity index (χ1v) is 11.6. The lowest BCUT2D eigenvalue weighted by atomic mass is 10.1. The Balaban J connectivity index is 1.90. The van der Waals surface area contributed by atoms with Crippen LogP contribution in [-0.2, 0) is 11.4 Å². The molecule has 0 saturated heterocycles. The van der Waals surface area contributed by atoms with Crippen molar-refractivity contribution >= 4 is 61.1 Å². The molecule has 7 heteroatoms. The Hall–Kier alpha value is -2.59. The molecule has 3 aromatic rings. The van der Waals surface area contributed by atoms with Crippen LogP contribution < -0.4 is 10.1 Å². The van der Waals surface area contributed by atoms with Gasteiger partial charge in [-0.15, -0.1) is 0 Å². The molecular formula is C25H19Br2ClN2O2. The summed E-state index contributed by atoms with van der Waals surface area (Å²) in [5, 5.41) is 13.1. The topological polar surface area (TPSA) is 62.1 Å². The molecule has 0 aliphatic rings. The number of amides is 1. The van der Waals surface area contributed by atoms with Gasteiger partial charge in [0, 0.05) is 20.7 Å². The van der Waals surface area contributed by atoms with Crippen molar-refractivity contribution in [3.8, 4) is 11.8 Å². The van der Waals surface area contributed by atoms with E-state index in [2.05, 4.69) is 37.2 Å². The number of carbonyl (C=O) groups excluding carboxylic acids is 1. The highest BCUT2D eigenvalue weighted by atomic mass is 79.9. The Morgan fingerprint density at radius 1 is 1.16 bits per heavy atom. The van der Waals surface area contributed by atoms with Crippen LogP contribution in [0.3, 0.4) is 0 Å². The van der Waals surface area contributed by atoms with Gasteiger partial charge in [0.05, 0.1) is 4.47 Å². The molecule has 1 N–H and O–H groups in total. The van der Waals surface area contributed by atoms with E-state index in [0.29, 0.717) is 26.5 Å². The summed E-state index contributed by atoms with van der Waals surface area (Å²) in [4.78, 5) is 12.8. The van der Waals surface area contributed by atoms with Gasteiger partial charge in [0.25, 0.3) is 5.91 Å². The zero-order valence-corrected chi connectivity index (χ0v) is 21.3. The van der Waals surface area contributed by atoms with E-state index in [1.807, 2.05) is 62.4 Å². The van der Waals surface area contributed by atoms with E-state index in [0.717, 1.165) is 21.2 Å². The SMILES string of the molecule is Cc1ccc(NC(=O)/C(C#N)=C/c2cc(Br)cc(Br)c2OCc2cccc(Cl)c2)c(C)c1. The van der Waals surface area contributed by atoms with Gasteiger partial charge in [0.1, 0.15) is 24.0 Å². The van der Waals surface area contributed by atoms with Crippen LogP contribution in [0.4, 0.5) is 5.69 Å². The summed E-state index contributed by atoms with van der Waals surface area (Å²) in [5.41, 5.74) is 4.12. The van der Waals surface area contributed by atoms with Crippen LogP contribution in [0.2, 0.25) is 5.02 Å². The van der Waals surface area contributed by atoms with Crippen molar-refractivity contribution in [3.05, 3.63) is 96.4 Å². The van der Waals surface area contributed by atoms with Crippen molar-refractivity contribution in [2.24, 2.45) is 0 Å². The molecule has 0 aromatic heterocycles. The van der Waals surface area contributed by atoms with Crippen LogP contribution in [0.25, 0.3) is 6.08 Å². The van der Waals surface area contributed by atoms with Crippen LogP contribution >= 0.6 is 43.5 Å². The van der Waals surface area contributed by atoms with Gasteiger partial charge in [-0.3, -0.25) is 4.79 Å². The number of nitrogens with zero attached hydrogens (tertiary/aromatic N) is 1. The number of nitrogens with one attached hydrogen (secondary N) is 1. The Morgan fingerprint density at radius 3 is 2.62 bits per heavy atom. The molecule has 162 valence electrons. The second-order valence-electron chi connectivity index (χ2n) is 7.17. The number of anilines is 1. The fourth-order valence-corrected chi connectivity index (χ4v) is 4.66. The predicted octanol–water partition coefficient (Wildman–Crippen LogP) is 7.61. The van der Waals surface area contributed by atoms with E-state index >= 15 is 0 Å². The van der Waals surface area contributed by atoms with E-state index in [9.17, 15) is 10.1 Å². The van der Waals surface area contributed by atoms with Crippen LogP contribution in [0.5, 0.6) is 5.75 Å². The molecule has 0 saturated carbocycles. The van der Waals surface area contributed by atoms with E-state index in [4.69, 9.17) is 16.3 Å². The maximum atomic E-state index is 12.8. The van der Waals surface area contributed by atoms with Gasteiger partial charge in [-0.2, -0.15) is 5.26 Å². The molecule has 32 heavy (non-hydrogen) atoms. The Morgan fingerprint density at radius 2 is 1.94 bits per heavy atom. The minimum atomic E-state index is -0.489. The van der Waals surface area contributed by atoms with E-state index in [-0.39, 0.29) is 12.2 Å². The molecule has 0 spiro atoms. The fraction of sp³-hybridized carbons (Fsp3) is 0.120. The van der Waals surface area contributed by atoms with Gasteiger partial charge in [-0.25, -0.2) is 0 Å². The van der Waals surface area contributed by atoms with Crippen molar-refractivity contribution < 1.29 is 9.53 Å². The highest BCUT2D eigenvalue weighted by molar-refractivity contribution is 9.11. The molecule has 0 atom stereocenters. The number of ether oxygens (including phenoxy) is 1. The number of rotatable bonds is 6. The number of carbonyl (C=O) groups is 1. The number of hydrogen-bond acceptors (Lipinski definition) is 3. The summed E-state index contributed by atoms with van der Waals surface area (Å²) < 4.78 is 7.49. The zero-order valence-electron chi connectivity index (χ0n) is 17.4. The Labute approximate surface area is 209 Å². The van der Waals surface area contributed by atoms with Crippen molar-refractivity contribution in [3.63, 3.8) is 0 Å². The Bertz CT molecular complexity index is 1250. The summed E-state index contributed by atoms with van der Waals surface area (Å²) in [5.74, 6) is 0.0246. The lowest BCUT2D eigenvalue weighted by molar-refractivity contribution is -0.112. The summed E-state index contributed by atoms with van der Waals surface area (Å²) in [6.07, 6.45) is 1.52. The molecule has 0 heterocycles. The highest BCUT2D eigenvalue weighted by Gasteiger charge is 2.15. The summed E-state index contributed by atoms with van der Waals surface area (Å²) in [7, 11) is 0. The quantitative estimate of drug-likeness (QED) is 0.244. The lowest BCUT2D eigenvalue weighted by Gasteiger charge is -2.13. The van der Waals surface area contributed by atoms with Crippen molar-refractivity contribution in [1.82, 2.24) is 0 Å². The van der Waals surface area contributed by atoms with Crippen molar-refractivity contribution in [1.29, 1.82) is 5.26 Å². The van der Waals surface area contributed by atoms with Crippen LogP contribution in [0.1, 0.15) is 22.3 Å². The molecular weight excluding hydrogens is 556 g/mol. The fourth-order valence-electron chi connectivity index (χ4n) is 3.07. The first-order valence-electron chi connectivity index (χ1n) is 9.63. The van der Waals surface area contributed by atoms with Gasteiger partial charge >= 0.3 is 0 Å². The molecule has 0 aliphatic carbocycles. The summed E-state index contributed by atoms with van der Waals surface area (Å²) >= 11 is 13.0. The van der Waals surface area contributed by atoms with Crippen LogP contribution in [0, 0.1) is 25.2 Å². The molecule has 0 aliphatic heterocycles. The average Bonchev–Trinajstić information content (AvgIpc) is 2.73. The lowest BCUT2D eigenvalue weighted by Crippen LogP contribution is -2.14. The average molecular weight is 575 g/mol. The minimum Gasteiger partial charge on any atom is -0.487 e. The molecule has 3 aromatic carbocycles. The maximum absolute atomic E-state index is 12.8. The zero-order chi connectivity index (χ0) is 23.3. The predicted molar refractivity (Wildman–Crippen MR) is 136 cm³/mol. The monoisotopic (exact) mass is 572 g/mol. The third kappa shape index (κ3) is 6.23. The van der Waals surface area contributed by atoms with Gasteiger partial charge < -0.3 is 10.1 Å². The van der Waals surface area contributed by atoms with E-state index < -0.39 is 5.91 Å². The number of hydrogen-bond donors (Lipinski definition) is 1. The second kappa shape index (κ2) is 10.8. The molecule has 0 radical (unpaired) electrons. The van der Waals surface area contributed by atoms with Gasteiger partial charge in [0.2, 0.25) is 0 Å². The van der Waals surface area contributed by atoms with Crippen molar-refractivity contribution in [2.45, 2.75) is 20.5 Å². The highest BCUT2D eigenvalue weighted by Crippen LogP contribution is 2.35. The number of halogens is 3. The van der Waals surface area contributed by atoms with Gasteiger partial charge in [0.15, 0.2) is 0 Å². The molecule has 3 rings (SSSR count). The first-order chi connectivity index (χ1) is 15.3. The molecule has 0 bridgehead atoms. The first kappa shape index (κ1) is 24.1. The molecule has 1 amide bonds. The van der Waals surface area contributed by atoms with Crippen molar-refractivity contribution in [2.75, 3.05) is 5.32 Å². The standard InChI is InChI=1S/C25H19Br2ClN2O2/c1-15-6-7-23(16(2)8-15)30-25(31)19(13-29)10-18-11-20(26)12-22(27)24(18)32-14-17-4-3-5-21(28)9-17/h3-12H,14H2,1-2H3,(H,30,31)/b19-10+. The largest absolute Gasteiger partial charge is 0.487 e. The maximum Gasteiger partial charge on any atom is 0.266 e. The number of benzene rings is 3. The normalized spacial score (nSPS) is 11.1. The third-order valence-electron chi connectivity index (χ3n) is 4.60. The summed E-state index contributed by atoms with van der Waals surface area (Å²) in [6.45, 7) is 4.17. The molecule has 0 unspecified atom stereocenters. The van der Waals surface area contributed by atoms with Gasteiger partial charge in [-0.05, 0) is 77.3 Å². The third-order valence-corrected chi connectivity index (χ3v) is 5.89. The second-order valence-corrected chi connectivity index (χ2v) is 9.37. The Kier molecular flexibility index (Phi) is 8.14. The van der Waals surface area contributed by atoms with E-state index in [1.165, 1.54) is 6.08 Å². The van der Waals surface area contributed by atoms with Crippen LogP contribution in [-0.4, -0.2) is 5.91 Å². The molecule has 0 fully saturated rings. The minimum absolute atomic E-state index is 0.0393. The number of nitriles is 1. The molecule has 4 nitrogen and oxygen atoms in total. The van der Waals surface area contributed by atoms with Gasteiger partial charge in [-0.1, -0.05) is 57.4 Å². The smallest absolute Gasteiger partial charge is 0.266 e. The van der Waals surface area contributed by atoms with Crippen LogP contribution in [0.15, 0.2) is 69.1 Å². The number of aryl methyl sites for hydroxylation is 2.